The molecule has 1 aromatic carbocycles. The topological polar surface area (TPSA) is 60.9 Å². The summed E-state index contributed by atoms with van der Waals surface area (Å²) in [5, 5.41) is 0.566. The second kappa shape index (κ2) is 9.32. The van der Waals surface area contributed by atoms with Gasteiger partial charge in [0, 0.05) is 18.0 Å². The maximum atomic E-state index is 12.8. The molecule has 0 spiro atoms. The highest BCUT2D eigenvalue weighted by Crippen LogP contribution is 2.36. The number of methoxy groups -OCH3 is 1. The number of carbonyl (C=O) groups is 1. The van der Waals surface area contributed by atoms with Gasteiger partial charge < -0.3 is 14.2 Å². The third-order valence-electron chi connectivity index (χ3n) is 4.90. The Morgan fingerprint density at radius 3 is 2.67 bits per heavy atom. The van der Waals surface area contributed by atoms with E-state index >= 15 is 0 Å². The average molecular weight is 444 g/mol. The molecule has 0 saturated carbocycles. The number of thiazole rings is 1. The van der Waals surface area contributed by atoms with E-state index in [0.29, 0.717) is 29.3 Å². The van der Waals surface area contributed by atoms with Gasteiger partial charge in [0.1, 0.15) is 18.1 Å². The van der Waals surface area contributed by atoms with Crippen LogP contribution in [-0.4, -0.2) is 48.4 Å². The number of benzene rings is 1. The normalized spacial score (nSPS) is 20.9. The lowest BCUT2D eigenvalue weighted by molar-refractivity contribution is -0.143. The van der Waals surface area contributed by atoms with Gasteiger partial charge in [-0.25, -0.2) is 9.78 Å². The van der Waals surface area contributed by atoms with E-state index in [2.05, 4.69) is 14.6 Å². The van der Waals surface area contributed by atoms with E-state index in [1.807, 2.05) is 26.0 Å². The van der Waals surface area contributed by atoms with Gasteiger partial charge in [-0.3, -0.25) is 4.90 Å². The molecule has 164 valence electrons. The maximum absolute atomic E-state index is 12.8. The first-order valence-electron chi connectivity index (χ1n) is 9.39. The Kier molecular flexibility index (Phi) is 6.99. The maximum Gasteiger partial charge on any atom is 0.443 e. The number of esters is 1. The number of aromatic nitrogens is 1. The number of alkyl halides is 3. The molecule has 10 heteroatoms. The smallest absolute Gasteiger partial charge is 0.443 e. The number of ether oxygens (including phenoxy) is 3. The molecular formula is C20H23F3N2O4S. The summed E-state index contributed by atoms with van der Waals surface area (Å²) in [7, 11) is 1.30. The van der Waals surface area contributed by atoms with Crippen LogP contribution in [0.15, 0.2) is 29.6 Å². The van der Waals surface area contributed by atoms with Gasteiger partial charge in [0.15, 0.2) is 11.6 Å². The van der Waals surface area contributed by atoms with Crippen LogP contribution in [0.25, 0.3) is 0 Å². The largest absolute Gasteiger partial charge is 0.482 e. The zero-order valence-electron chi connectivity index (χ0n) is 16.8. The summed E-state index contributed by atoms with van der Waals surface area (Å²) in [5.74, 6) is 0.117. The van der Waals surface area contributed by atoms with Crippen LogP contribution < -0.4 is 4.74 Å². The molecule has 0 N–H and O–H groups in total. The van der Waals surface area contributed by atoms with E-state index in [1.54, 1.807) is 12.1 Å². The van der Waals surface area contributed by atoms with Crippen molar-refractivity contribution in [1.82, 2.24) is 9.88 Å². The average Bonchev–Trinajstić information content (AvgIpc) is 3.34. The first-order chi connectivity index (χ1) is 14.2. The quantitative estimate of drug-likeness (QED) is 0.600. The minimum Gasteiger partial charge on any atom is -0.482 e. The van der Waals surface area contributed by atoms with Crippen LogP contribution in [0.2, 0.25) is 0 Å². The highest BCUT2D eigenvalue weighted by atomic mass is 32.1. The molecule has 2 heterocycles. The molecule has 1 aliphatic heterocycles. The second-order valence-corrected chi connectivity index (χ2v) is 7.92. The number of hydrogen-bond donors (Lipinski definition) is 0. The Balaban J connectivity index is 1.57. The Hall–Kier alpha value is -2.17. The zero-order chi connectivity index (χ0) is 21.9. The van der Waals surface area contributed by atoms with Crippen LogP contribution in [-0.2, 0) is 26.9 Å². The predicted molar refractivity (Wildman–Crippen MR) is 104 cm³/mol. The van der Waals surface area contributed by atoms with Gasteiger partial charge in [-0.2, -0.15) is 13.2 Å². The van der Waals surface area contributed by atoms with E-state index in [9.17, 15) is 18.0 Å². The van der Waals surface area contributed by atoms with Crippen molar-refractivity contribution in [2.24, 2.45) is 0 Å². The molecule has 0 amide bonds. The first kappa shape index (κ1) is 22.5. The molecule has 3 unspecified atom stereocenters. The SMILES string of the molecule is COC(=O)COc1ccc(CC(C)N2CC(c3csc(C(F)(F)F)n3)OC2C)cc1. The minimum absolute atomic E-state index is 0.104. The first-order valence-corrected chi connectivity index (χ1v) is 10.3. The number of nitrogens with zero attached hydrogens (tertiary/aromatic N) is 2. The van der Waals surface area contributed by atoms with Crippen molar-refractivity contribution in [3.63, 3.8) is 0 Å². The lowest BCUT2D eigenvalue weighted by Gasteiger charge is -2.26. The monoisotopic (exact) mass is 444 g/mol. The summed E-state index contributed by atoms with van der Waals surface area (Å²) in [6.07, 6.45) is -4.43. The van der Waals surface area contributed by atoms with Crippen LogP contribution in [0.3, 0.4) is 0 Å². The predicted octanol–water partition coefficient (Wildman–Crippen LogP) is 4.06. The Morgan fingerprint density at radius 1 is 1.37 bits per heavy atom. The number of hydrogen-bond acceptors (Lipinski definition) is 7. The standard InChI is InChI=1S/C20H23F3N2O4S/c1-12(8-14-4-6-15(7-5-14)28-10-18(26)27-3)25-9-17(29-13(25)2)16-11-30-19(24-16)20(21,22)23/h4-7,11-13,17H,8-10H2,1-3H3. The number of rotatable bonds is 7. The van der Waals surface area contributed by atoms with Crippen LogP contribution in [0.5, 0.6) is 5.75 Å². The Bertz CT molecular complexity index is 856. The van der Waals surface area contributed by atoms with E-state index in [4.69, 9.17) is 9.47 Å². The molecule has 3 rings (SSSR count). The molecule has 6 nitrogen and oxygen atoms in total. The van der Waals surface area contributed by atoms with E-state index in [0.717, 1.165) is 12.0 Å². The van der Waals surface area contributed by atoms with Gasteiger partial charge in [0.05, 0.1) is 12.8 Å². The molecule has 1 aromatic heterocycles. The zero-order valence-corrected chi connectivity index (χ0v) is 17.6. The van der Waals surface area contributed by atoms with Crippen molar-refractivity contribution in [2.75, 3.05) is 20.3 Å². The number of carbonyl (C=O) groups excluding carboxylic acids is 1. The van der Waals surface area contributed by atoms with Crippen molar-refractivity contribution in [1.29, 1.82) is 0 Å². The molecule has 0 radical (unpaired) electrons. The van der Waals surface area contributed by atoms with Gasteiger partial charge in [-0.05, 0) is 38.0 Å². The fraction of sp³-hybridized carbons (Fsp3) is 0.500. The summed E-state index contributed by atoms with van der Waals surface area (Å²) in [4.78, 5) is 17.0. The molecular weight excluding hydrogens is 421 g/mol. The highest BCUT2D eigenvalue weighted by Gasteiger charge is 2.38. The lowest BCUT2D eigenvalue weighted by Crippen LogP contribution is -2.37. The summed E-state index contributed by atoms with van der Waals surface area (Å²) < 4.78 is 54.2. The Labute approximate surface area is 176 Å². The lowest BCUT2D eigenvalue weighted by atomic mass is 10.1. The fourth-order valence-corrected chi connectivity index (χ4v) is 4.07. The van der Waals surface area contributed by atoms with Gasteiger partial charge in [-0.1, -0.05) is 12.1 Å². The van der Waals surface area contributed by atoms with E-state index in [1.165, 1.54) is 12.5 Å². The summed E-state index contributed by atoms with van der Waals surface area (Å²) >= 11 is 0.590. The minimum atomic E-state index is -4.44. The third-order valence-corrected chi connectivity index (χ3v) is 5.81. The number of halogens is 3. The summed E-state index contributed by atoms with van der Waals surface area (Å²) in [6.45, 7) is 4.26. The van der Waals surface area contributed by atoms with Gasteiger partial charge in [0.2, 0.25) is 0 Å². The van der Waals surface area contributed by atoms with Gasteiger partial charge in [0.25, 0.3) is 0 Å². The van der Waals surface area contributed by atoms with Crippen molar-refractivity contribution in [3.8, 4) is 5.75 Å². The Morgan fingerprint density at radius 2 is 2.07 bits per heavy atom. The molecule has 1 saturated heterocycles. The van der Waals surface area contributed by atoms with Gasteiger partial charge >= 0.3 is 12.1 Å². The summed E-state index contributed by atoms with van der Waals surface area (Å²) in [5.41, 5.74) is 1.39. The highest BCUT2D eigenvalue weighted by molar-refractivity contribution is 7.09. The van der Waals surface area contributed by atoms with E-state index < -0.39 is 23.3 Å². The van der Waals surface area contributed by atoms with Gasteiger partial charge in [-0.15, -0.1) is 11.3 Å². The molecule has 0 bridgehead atoms. The van der Waals surface area contributed by atoms with Crippen LogP contribution in [0.1, 0.15) is 36.2 Å². The van der Waals surface area contributed by atoms with Crippen molar-refractivity contribution < 1.29 is 32.2 Å². The second-order valence-electron chi connectivity index (χ2n) is 7.06. The molecule has 30 heavy (non-hydrogen) atoms. The molecule has 2 aromatic rings. The molecule has 1 fully saturated rings. The fourth-order valence-electron chi connectivity index (χ4n) is 3.35. The summed E-state index contributed by atoms with van der Waals surface area (Å²) in [6, 6.07) is 7.50. The van der Waals surface area contributed by atoms with E-state index in [-0.39, 0.29) is 18.9 Å². The molecule has 0 aliphatic carbocycles. The van der Waals surface area contributed by atoms with Crippen LogP contribution >= 0.6 is 11.3 Å². The van der Waals surface area contributed by atoms with Crippen molar-refractivity contribution in [3.05, 3.63) is 45.9 Å². The van der Waals surface area contributed by atoms with Crippen molar-refractivity contribution >= 4 is 17.3 Å². The van der Waals surface area contributed by atoms with Crippen molar-refractivity contribution in [2.45, 2.75) is 44.8 Å². The molecule has 1 aliphatic rings. The van der Waals surface area contributed by atoms with Crippen LogP contribution in [0.4, 0.5) is 13.2 Å². The molecule has 3 atom stereocenters. The third kappa shape index (κ3) is 5.50. The van der Waals surface area contributed by atoms with Crippen LogP contribution in [0, 0.1) is 0 Å².